The molecule has 0 saturated heterocycles. The van der Waals surface area contributed by atoms with Crippen LogP contribution in [0.1, 0.15) is 26.0 Å². The van der Waals surface area contributed by atoms with Crippen LogP contribution in [0, 0.1) is 12.3 Å². The highest BCUT2D eigenvalue weighted by Crippen LogP contribution is 2.21. The first-order valence-corrected chi connectivity index (χ1v) is 5.63. The molecule has 1 aromatic heterocycles. The van der Waals surface area contributed by atoms with Crippen molar-refractivity contribution in [1.82, 2.24) is 9.97 Å². The second-order valence-corrected chi connectivity index (χ2v) is 4.96. The molecule has 0 aromatic carbocycles. The van der Waals surface area contributed by atoms with Crippen molar-refractivity contribution in [2.75, 3.05) is 5.32 Å². The molecular weight excluding hydrogens is 258 g/mol. The third-order valence-corrected chi connectivity index (χ3v) is 2.45. The van der Waals surface area contributed by atoms with E-state index in [9.17, 15) is 9.59 Å². The van der Waals surface area contributed by atoms with Gasteiger partial charge in [0, 0.05) is 12.1 Å². The molecule has 0 spiro atoms. The minimum Gasteiger partial charge on any atom is -0.481 e. The Labute approximate surface area is 109 Å². The number of carboxylic acids is 1. The maximum atomic E-state index is 11.7. The van der Waals surface area contributed by atoms with E-state index in [4.69, 9.17) is 16.7 Å². The van der Waals surface area contributed by atoms with Gasteiger partial charge in [-0.2, -0.15) is 0 Å². The van der Waals surface area contributed by atoms with Crippen LogP contribution in [-0.2, 0) is 9.59 Å². The zero-order valence-corrected chi connectivity index (χ0v) is 11.1. The van der Waals surface area contributed by atoms with E-state index in [1.165, 1.54) is 13.8 Å². The van der Waals surface area contributed by atoms with Crippen LogP contribution >= 0.6 is 11.6 Å². The molecule has 0 fully saturated rings. The van der Waals surface area contributed by atoms with Crippen LogP contribution in [0.2, 0.25) is 5.15 Å². The largest absolute Gasteiger partial charge is 0.481 e. The van der Waals surface area contributed by atoms with Crippen molar-refractivity contribution in [3.63, 3.8) is 0 Å². The maximum Gasteiger partial charge on any atom is 0.309 e. The van der Waals surface area contributed by atoms with Gasteiger partial charge < -0.3 is 5.11 Å². The molecule has 1 amide bonds. The standard InChI is InChI=1S/C11H14ClN3O3/c1-6-4-7(12)14-10(13-6)15-8(16)5-11(2,3)9(17)18/h4H,5H2,1-3H3,(H,17,18)(H,13,14,15,16). The summed E-state index contributed by atoms with van der Waals surface area (Å²) in [6, 6.07) is 1.55. The van der Waals surface area contributed by atoms with Gasteiger partial charge in [-0.05, 0) is 26.8 Å². The average molecular weight is 272 g/mol. The molecule has 7 heteroatoms. The molecule has 0 aliphatic carbocycles. The first-order valence-electron chi connectivity index (χ1n) is 5.25. The summed E-state index contributed by atoms with van der Waals surface area (Å²) in [5, 5.41) is 11.6. The number of hydrogen-bond donors (Lipinski definition) is 2. The van der Waals surface area contributed by atoms with E-state index >= 15 is 0 Å². The summed E-state index contributed by atoms with van der Waals surface area (Å²) < 4.78 is 0. The van der Waals surface area contributed by atoms with E-state index in [1.54, 1.807) is 13.0 Å². The van der Waals surface area contributed by atoms with Crippen LogP contribution in [0.15, 0.2) is 6.07 Å². The van der Waals surface area contributed by atoms with Crippen molar-refractivity contribution in [3.8, 4) is 0 Å². The Morgan fingerprint density at radius 1 is 1.44 bits per heavy atom. The molecule has 0 atom stereocenters. The van der Waals surface area contributed by atoms with Crippen LogP contribution in [0.25, 0.3) is 0 Å². The van der Waals surface area contributed by atoms with E-state index in [2.05, 4.69) is 15.3 Å². The fourth-order valence-electron chi connectivity index (χ4n) is 1.23. The first kappa shape index (κ1) is 14.4. The second-order valence-electron chi connectivity index (χ2n) is 4.57. The highest BCUT2D eigenvalue weighted by atomic mass is 35.5. The topological polar surface area (TPSA) is 92.2 Å². The van der Waals surface area contributed by atoms with Crippen molar-refractivity contribution >= 4 is 29.4 Å². The molecular formula is C11H14ClN3O3. The van der Waals surface area contributed by atoms with Crippen LogP contribution < -0.4 is 5.32 Å². The van der Waals surface area contributed by atoms with E-state index in [0.29, 0.717) is 5.69 Å². The molecule has 0 bridgehead atoms. The Hall–Kier alpha value is -1.69. The Balaban J connectivity index is 2.73. The van der Waals surface area contributed by atoms with Gasteiger partial charge in [-0.25, -0.2) is 9.97 Å². The summed E-state index contributed by atoms with van der Waals surface area (Å²) in [6.45, 7) is 4.66. The lowest BCUT2D eigenvalue weighted by molar-refractivity contribution is -0.148. The van der Waals surface area contributed by atoms with Gasteiger partial charge in [0.15, 0.2) is 0 Å². The van der Waals surface area contributed by atoms with Crippen LogP contribution in [0.4, 0.5) is 5.95 Å². The lowest BCUT2D eigenvalue weighted by atomic mass is 9.89. The van der Waals surface area contributed by atoms with Crippen molar-refractivity contribution in [1.29, 1.82) is 0 Å². The zero-order chi connectivity index (χ0) is 13.9. The highest BCUT2D eigenvalue weighted by molar-refractivity contribution is 6.29. The number of carbonyl (C=O) groups is 2. The Kier molecular flexibility index (Phi) is 4.24. The molecule has 18 heavy (non-hydrogen) atoms. The highest BCUT2D eigenvalue weighted by Gasteiger charge is 2.30. The fraction of sp³-hybridized carbons (Fsp3) is 0.455. The van der Waals surface area contributed by atoms with E-state index in [0.717, 1.165) is 0 Å². The van der Waals surface area contributed by atoms with E-state index in [1.807, 2.05) is 0 Å². The summed E-state index contributed by atoms with van der Waals surface area (Å²) >= 11 is 5.72. The normalized spacial score (nSPS) is 11.1. The Morgan fingerprint density at radius 2 is 2.06 bits per heavy atom. The molecule has 6 nitrogen and oxygen atoms in total. The number of halogens is 1. The number of aliphatic carboxylic acids is 1. The van der Waals surface area contributed by atoms with Gasteiger partial charge in [-0.3, -0.25) is 14.9 Å². The van der Waals surface area contributed by atoms with E-state index in [-0.39, 0.29) is 17.5 Å². The quantitative estimate of drug-likeness (QED) is 0.816. The minimum atomic E-state index is -1.14. The van der Waals surface area contributed by atoms with Gasteiger partial charge in [-0.1, -0.05) is 11.6 Å². The number of carbonyl (C=O) groups excluding carboxylic acids is 1. The minimum absolute atomic E-state index is 0.0752. The third kappa shape index (κ3) is 3.96. The maximum absolute atomic E-state index is 11.7. The lowest BCUT2D eigenvalue weighted by Crippen LogP contribution is -2.30. The predicted octanol–water partition coefficient (Wildman–Crippen LogP) is 1.88. The molecule has 0 saturated carbocycles. The van der Waals surface area contributed by atoms with Crippen LogP contribution in [-0.4, -0.2) is 27.0 Å². The second kappa shape index (κ2) is 5.30. The number of anilines is 1. The monoisotopic (exact) mass is 271 g/mol. The molecule has 2 N–H and O–H groups in total. The fourth-order valence-corrected chi connectivity index (χ4v) is 1.47. The molecule has 98 valence electrons. The van der Waals surface area contributed by atoms with Gasteiger partial charge in [-0.15, -0.1) is 0 Å². The van der Waals surface area contributed by atoms with Gasteiger partial charge in [0.2, 0.25) is 11.9 Å². The summed E-state index contributed by atoms with van der Waals surface area (Å²) in [6.07, 6.45) is -0.169. The van der Waals surface area contributed by atoms with Crippen LogP contribution in [0.5, 0.6) is 0 Å². The van der Waals surface area contributed by atoms with Crippen molar-refractivity contribution in [2.24, 2.45) is 5.41 Å². The van der Waals surface area contributed by atoms with Crippen molar-refractivity contribution in [2.45, 2.75) is 27.2 Å². The summed E-state index contributed by atoms with van der Waals surface area (Å²) in [4.78, 5) is 30.3. The predicted molar refractivity (Wildman–Crippen MR) is 66.4 cm³/mol. The number of nitrogens with one attached hydrogen (secondary N) is 1. The molecule has 0 aliphatic rings. The number of aryl methyl sites for hydroxylation is 1. The van der Waals surface area contributed by atoms with Gasteiger partial charge >= 0.3 is 5.97 Å². The number of hydrogen-bond acceptors (Lipinski definition) is 4. The molecule has 0 radical (unpaired) electrons. The van der Waals surface area contributed by atoms with Crippen molar-refractivity contribution in [3.05, 3.63) is 16.9 Å². The number of rotatable bonds is 4. The van der Waals surface area contributed by atoms with Gasteiger partial charge in [0.1, 0.15) is 5.15 Å². The number of carboxylic acid groups (broad SMARTS) is 1. The number of nitrogens with zero attached hydrogens (tertiary/aromatic N) is 2. The van der Waals surface area contributed by atoms with E-state index < -0.39 is 17.3 Å². The summed E-state index contributed by atoms with van der Waals surface area (Å²) in [5.41, 5.74) is -0.527. The third-order valence-electron chi connectivity index (χ3n) is 2.26. The summed E-state index contributed by atoms with van der Waals surface area (Å²) in [7, 11) is 0. The molecule has 1 heterocycles. The lowest BCUT2D eigenvalue weighted by Gasteiger charge is -2.17. The molecule has 0 unspecified atom stereocenters. The number of aromatic nitrogens is 2. The molecule has 0 aliphatic heterocycles. The van der Waals surface area contributed by atoms with Crippen LogP contribution in [0.3, 0.4) is 0 Å². The smallest absolute Gasteiger partial charge is 0.309 e. The SMILES string of the molecule is Cc1cc(Cl)nc(NC(=O)CC(C)(C)C(=O)O)n1. The van der Waals surface area contributed by atoms with Gasteiger partial charge in [0.25, 0.3) is 0 Å². The van der Waals surface area contributed by atoms with Crippen molar-refractivity contribution < 1.29 is 14.7 Å². The summed E-state index contributed by atoms with van der Waals surface area (Å²) in [5.74, 6) is -1.43. The molecule has 1 aromatic rings. The molecule has 1 rings (SSSR count). The zero-order valence-electron chi connectivity index (χ0n) is 10.3. The Bertz CT molecular complexity index is 468. The Morgan fingerprint density at radius 3 is 2.56 bits per heavy atom. The average Bonchev–Trinajstić information content (AvgIpc) is 2.13. The number of amides is 1. The van der Waals surface area contributed by atoms with Gasteiger partial charge in [0.05, 0.1) is 5.41 Å². The first-order chi connectivity index (χ1) is 8.20.